The zero-order valence-corrected chi connectivity index (χ0v) is 12.1. The predicted molar refractivity (Wildman–Crippen MR) is 80.0 cm³/mol. The van der Waals surface area contributed by atoms with E-state index in [4.69, 9.17) is 9.84 Å². The van der Waals surface area contributed by atoms with Crippen LogP contribution in [-0.4, -0.2) is 18.3 Å². The maximum atomic E-state index is 8.71. The van der Waals surface area contributed by atoms with Gasteiger partial charge in [-0.3, -0.25) is 0 Å². The van der Waals surface area contributed by atoms with Crippen LogP contribution in [0.4, 0.5) is 0 Å². The minimum absolute atomic E-state index is 0.0635. The molecule has 2 nitrogen and oxygen atoms in total. The number of aliphatic hydroxyl groups is 1. The molecule has 0 aliphatic rings. The molecule has 0 unspecified atom stereocenters. The summed E-state index contributed by atoms with van der Waals surface area (Å²) in [7, 11) is 0. The molecule has 0 heterocycles. The molecule has 1 rings (SSSR count). The average molecular weight is 262 g/mol. The Morgan fingerprint density at radius 1 is 1.16 bits per heavy atom. The Morgan fingerprint density at radius 2 is 1.89 bits per heavy atom. The van der Waals surface area contributed by atoms with Gasteiger partial charge in [-0.2, -0.15) is 0 Å². The molecule has 0 fully saturated rings. The lowest BCUT2D eigenvalue weighted by molar-refractivity contribution is 0.0716. The van der Waals surface area contributed by atoms with Gasteiger partial charge in [-0.15, -0.1) is 0 Å². The van der Waals surface area contributed by atoms with Crippen LogP contribution in [0.15, 0.2) is 42.5 Å². The van der Waals surface area contributed by atoms with Crippen LogP contribution in [0.25, 0.3) is 0 Å². The third-order valence-electron chi connectivity index (χ3n) is 2.93. The maximum absolute atomic E-state index is 8.71. The molecule has 0 aliphatic carbocycles. The third-order valence-corrected chi connectivity index (χ3v) is 2.93. The van der Waals surface area contributed by atoms with Crippen molar-refractivity contribution in [3.05, 3.63) is 48.0 Å². The van der Waals surface area contributed by atoms with Gasteiger partial charge in [-0.25, -0.2) is 0 Å². The Kier molecular flexibility index (Phi) is 7.46. The minimum Gasteiger partial charge on any atom is -0.396 e. The molecule has 0 radical (unpaired) electrons. The molecule has 0 amide bonds. The van der Waals surface area contributed by atoms with Crippen LogP contribution in [0.2, 0.25) is 0 Å². The first kappa shape index (κ1) is 15.9. The van der Waals surface area contributed by atoms with Crippen LogP contribution < -0.4 is 0 Å². The van der Waals surface area contributed by atoms with E-state index in [2.05, 4.69) is 38.1 Å². The third kappa shape index (κ3) is 7.81. The summed E-state index contributed by atoms with van der Waals surface area (Å²) in [4.78, 5) is 0. The lowest BCUT2D eigenvalue weighted by Crippen LogP contribution is -2.16. The number of hydrogen-bond donors (Lipinski definition) is 1. The van der Waals surface area contributed by atoms with E-state index in [-0.39, 0.29) is 12.0 Å². The number of hydrogen-bond acceptors (Lipinski definition) is 2. The van der Waals surface area contributed by atoms with Gasteiger partial charge in [0, 0.05) is 12.0 Å². The summed E-state index contributed by atoms with van der Waals surface area (Å²) in [5, 5.41) is 8.71. The van der Waals surface area contributed by atoms with E-state index < -0.39 is 0 Å². The van der Waals surface area contributed by atoms with Crippen molar-refractivity contribution < 1.29 is 9.84 Å². The minimum atomic E-state index is 0.0635. The molecule has 1 aromatic carbocycles. The molecule has 106 valence electrons. The van der Waals surface area contributed by atoms with Crippen LogP contribution in [0, 0.1) is 5.41 Å². The zero-order valence-electron chi connectivity index (χ0n) is 12.1. The quantitative estimate of drug-likeness (QED) is 0.539. The fraction of sp³-hybridized carbons (Fsp3) is 0.529. The summed E-state index contributed by atoms with van der Waals surface area (Å²) in [6, 6.07) is 10.2. The first-order valence-electron chi connectivity index (χ1n) is 7.04. The fourth-order valence-corrected chi connectivity index (χ4v) is 1.83. The van der Waals surface area contributed by atoms with Crippen LogP contribution in [-0.2, 0) is 11.3 Å². The van der Waals surface area contributed by atoms with E-state index in [0.717, 1.165) is 25.9 Å². The Balaban J connectivity index is 2.22. The molecule has 0 spiro atoms. The van der Waals surface area contributed by atoms with Crippen LogP contribution in [0.5, 0.6) is 0 Å². The van der Waals surface area contributed by atoms with Gasteiger partial charge in [0.05, 0.1) is 13.2 Å². The highest BCUT2D eigenvalue weighted by Gasteiger charge is 2.13. The maximum Gasteiger partial charge on any atom is 0.0717 e. The first-order valence-corrected chi connectivity index (χ1v) is 7.04. The summed E-state index contributed by atoms with van der Waals surface area (Å²) in [6.07, 6.45) is 7.38. The fourth-order valence-electron chi connectivity index (χ4n) is 1.83. The highest BCUT2D eigenvalue weighted by molar-refractivity contribution is 5.13. The number of aliphatic hydroxyl groups excluding tert-OH is 1. The predicted octanol–water partition coefficient (Wildman–Crippen LogP) is 3.95. The van der Waals surface area contributed by atoms with E-state index in [1.165, 1.54) is 5.56 Å². The highest BCUT2D eigenvalue weighted by atomic mass is 16.5. The average Bonchev–Trinajstić information content (AvgIpc) is 2.39. The van der Waals surface area contributed by atoms with Crippen LogP contribution in [0.1, 0.15) is 38.7 Å². The standard InChI is InChI=1S/C17H26O2/c1-17(2,12-8-3-4-9-13-18)15-19-14-16-10-6-5-7-11-16/h5-8,10-12,18H,3-4,9,13-15H2,1-2H3. The summed E-state index contributed by atoms with van der Waals surface area (Å²) in [5.41, 5.74) is 1.28. The van der Waals surface area contributed by atoms with Gasteiger partial charge in [0.25, 0.3) is 0 Å². The van der Waals surface area contributed by atoms with Gasteiger partial charge < -0.3 is 9.84 Å². The smallest absolute Gasteiger partial charge is 0.0717 e. The summed E-state index contributed by atoms with van der Waals surface area (Å²) < 4.78 is 5.77. The van der Waals surface area contributed by atoms with E-state index >= 15 is 0 Å². The lowest BCUT2D eigenvalue weighted by atomic mass is 9.93. The molecule has 0 atom stereocenters. The number of allylic oxidation sites excluding steroid dienone is 1. The Morgan fingerprint density at radius 3 is 2.58 bits per heavy atom. The monoisotopic (exact) mass is 262 g/mol. The molecule has 0 aromatic heterocycles. The lowest BCUT2D eigenvalue weighted by Gasteiger charge is -2.20. The number of unbranched alkanes of at least 4 members (excludes halogenated alkanes) is 2. The molecular weight excluding hydrogens is 236 g/mol. The first-order chi connectivity index (χ1) is 9.14. The van der Waals surface area contributed by atoms with Gasteiger partial charge in [-0.05, 0) is 24.8 Å². The van der Waals surface area contributed by atoms with E-state index in [1.807, 2.05) is 18.2 Å². The van der Waals surface area contributed by atoms with E-state index in [1.54, 1.807) is 0 Å². The van der Waals surface area contributed by atoms with Crippen molar-refractivity contribution in [2.24, 2.45) is 5.41 Å². The Bertz CT molecular complexity index is 355. The van der Waals surface area contributed by atoms with Gasteiger partial charge in [-0.1, -0.05) is 56.3 Å². The Labute approximate surface area is 117 Å². The molecule has 0 bridgehead atoms. The zero-order chi connectivity index (χ0) is 14.0. The van der Waals surface area contributed by atoms with Crippen molar-refractivity contribution >= 4 is 0 Å². The second kappa shape index (κ2) is 8.89. The Hall–Kier alpha value is -1.12. The normalized spacial score (nSPS) is 12.2. The molecule has 1 N–H and O–H groups in total. The van der Waals surface area contributed by atoms with Crippen LogP contribution in [0.3, 0.4) is 0 Å². The number of ether oxygens (including phenoxy) is 1. The second-order valence-electron chi connectivity index (χ2n) is 5.59. The van der Waals surface area contributed by atoms with Crippen molar-refractivity contribution in [3.63, 3.8) is 0 Å². The van der Waals surface area contributed by atoms with Gasteiger partial charge in [0.2, 0.25) is 0 Å². The van der Waals surface area contributed by atoms with E-state index in [9.17, 15) is 0 Å². The molecule has 1 aromatic rings. The summed E-state index contributed by atoms with van der Waals surface area (Å²) in [6.45, 7) is 6.04. The molecular formula is C17H26O2. The van der Waals surface area contributed by atoms with E-state index in [0.29, 0.717) is 6.61 Å². The molecule has 0 saturated heterocycles. The van der Waals surface area contributed by atoms with Gasteiger partial charge in [0.15, 0.2) is 0 Å². The highest BCUT2D eigenvalue weighted by Crippen LogP contribution is 2.19. The van der Waals surface area contributed by atoms with Crippen molar-refractivity contribution in [1.29, 1.82) is 0 Å². The van der Waals surface area contributed by atoms with Crippen LogP contribution >= 0.6 is 0 Å². The SMILES string of the molecule is CC(C)(C=CCCCCO)COCc1ccccc1. The molecule has 19 heavy (non-hydrogen) atoms. The second-order valence-corrected chi connectivity index (χ2v) is 5.59. The molecule has 0 saturated carbocycles. The topological polar surface area (TPSA) is 29.5 Å². The van der Waals surface area contributed by atoms with Crippen molar-refractivity contribution in [2.75, 3.05) is 13.2 Å². The summed E-state index contributed by atoms with van der Waals surface area (Å²) in [5.74, 6) is 0. The number of rotatable bonds is 9. The van der Waals surface area contributed by atoms with Gasteiger partial charge in [0.1, 0.15) is 0 Å². The summed E-state index contributed by atoms with van der Waals surface area (Å²) >= 11 is 0. The van der Waals surface area contributed by atoms with Crippen molar-refractivity contribution in [3.8, 4) is 0 Å². The van der Waals surface area contributed by atoms with Crippen molar-refractivity contribution in [2.45, 2.75) is 39.7 Å². The largest absolute Gasteiger partial charge is 0.396 e. The molecule has 2 heteroatoms. The van der Waals surface area contributed by atoms with Crippen molar-refractivity contribution in [1.82, 2.24) is 0 Å². The van der Waals surface area contributed by atoms with Gasteiger partial charge >= 0.3 is 0 Å². The molecule has 0 aliphatic heterocycles. The number of benzene rings is 1.